The minimum Gasteiger partial charge on any atom is -0.478 e. The van der Waals surface area contributed by atoms with E-state index in [0.717, 1.165) is 17.1 Å². The van der Waals surface area contributed by atoms with Crippen LogP contribution in [0.2, 0.25) is 0 Å². The quantitative estimate of drug-likeness (QED) is 0.256. The average molecular weight is 522 g/mol. The van der Waals surface area contributed by atoms with Crippen molar-refractivity contribution >= 4 is 23.0 Å². The highest BCUT2D eigenvalue weighted by Crippen LogP contribution is 2.52. The monoisotopic (exact) mass is 521 g/mol. The van der Waals surface area contributed by atoms with Gasteiger partial charge in [-0.2, -0.15) is 0 Å². The maximum absolute atomic E-state index is 11.6. The molecule has 40 heavy (non-hydrogen) atoms. The summed E-state index contributed by atoms with van der Waals surface area (Å²) in [7, 11) is 0. The van der Waals surface area contributed by atoms with E-state index in [0.29, 0.717) is 0 Å². The molecular formula is C37H31NO2. The summed E-state index contributed by atoms with van der Waals surface area (Å²) in [6, 6.07) is 38.0. The molecule has 0 aliphatic heterocycles. The highest BCUT2D eigenvalue weighted by atomic mass is 16.4. The van der Waals surface area contributed by atoms with Gasteiger partial charge in [-0.25, -0.2) is 4.79 Å². The van der Waals surface area contributed by atoms with E-state index in [1.165, 1.54) is 44.5 Å². The van der Waals surface area contributed by atoms with Crippen molar-refractivity contribution in [3.63, 3.8) is 0 Å². The number of hydrogen-bond donors (Lipinski definition) is 1. The molecule has 0 saturated carbocycles. The molecule has 3 heteroatoms. The van der Waals surface area contributed by atoms with E-state index in [1.54, 1.807) is 12.1 Å². The Morgan fingerprint density at radius 3 is 1.38 bits per heavy atom. The Hall–Kier alpha value is -4.63. The molecule has 2 aliphatic carbocycles. The Kier molecular flexibility index (Phi) is 5.15. The number of rotatable bonds is 4. The molecule has 196 valence electrons. The third-order valence-corrected chi connectivity index (χ3v) is 9.02. The van der Waals surface area contributed by atoms with E-state index in [1.807, 2.05) is 12.1 Å². The van der Waals surface area contributed by atoms with Crippen molar-refractivity contribution in [1.82, 2.24) is 0 Å². The predicted molar refractivity (Wildman–Crippen MR) is 163 cm³/mol. The molecule has 0 unspecified atom stereocenters. The molecule has 5 aromatic rings. The first-order valence-electron chi connectivity index (χ1n) is 13.8. The number of carboxylic acids is 1. The van der Waals surface area contributed by atoms with Crippen LogP contribution in [0.4, 0.5) is 17.1 Å². The summed E-state index contributed by atoms with van der Waals surface area (Å²) in [5, 5.41) is 9.53. The van der Waals surface area contributed by atoms with Crippen molar-refractivity contribution in [1.29, 1.82) is 0 Å². The van der Waals surface area contributed by atoms with E-state index in [4.69, 9.17) is 0 Å². The largest absolute Gasteiger partial charge is 0.478 e. The lowest BCUT2D eigenvalue weighted by Gasteiger charge is -2.29. The summed E-state index contributed by atoms with van der Waals surface area (Å²) in [5.41, 5.74) is 13.5. The highest BCUT2D eigenvalue weighted by Gasteiger charge is 2.37. The van der Waals surface area contributed by atoms with Crippen molar-refractivity contribution in [3.05, 3.63) is 137 Å². The van der Waals surface area contributed by atoms with Crippen LogP contribution in [0, 0.1) is 0 Å². The molecule has 1 N–H and O–H groups in total. The minimum atomic E-state index is -0.924. The molecule has 5 aromatic carbocycles. The third-order valence-electron chi connectivity index (χ3n) is 9.02. The molecule has 0 fully saturated rings. The van der Waals surface area contributed by atoms with Crippen LogP contribution >= 0.6 is 0 Å². The van der Waals surface area contributed by atoms with Gasteiger partial charge in [0.15, 0.2) is 0 Å². The van der Waals surface area contributed by atoms with Gasteiger partial charge in [0.2, 0.25) is 0 Å². The van der Waals surface area contributed by atoms with Gasteiger partial charge in [-0.1, -0.05) is 88.4 Å². The zero-order chi connectivity index (χ0) is 27.8. The maximum Gasteiger partial charge on any atom is 0.335 e. The van der Waals surface area contributed by atoms with Gasteiger partial charge in [0, 0.05) is 27.9 Å². The fourth-order valence-electron chi connectivity index (χ4n) is 6.86. The molecule has 0 radical (unpaired) electrons. The van der Waals surface area contributed by atoms with Crippen molar-refractivity contribution < 1.29 is 9.90 Å². The van der Waals surface area contributed by atoms with Crippen molar-refractivity contribution in [3.8, 4) is 22.3 Å². The second-order valence-corrected chi connectivity index (χ2v) is 12.0. The summed E-state index contributed by atoms with van der Waals surface area (Å²) < 4.78 is 0. The number of hydrogen-bond acceptors (Lipinski definition) is 2. The van der Waals surface area contributed by atoms with Gasteiger partial charge in [-0.15, -0.1) is 0 Å². The number of carbonyl (C=O) groups is 1. The third kappa shape index (κ3) is 3.40. The smallest absolute Gasteiger partial charge is 0.335 e. The first-order chi connectivity index (χ1) is 19.2. The molecule has 0 saturated heterocycles. The first-order valence-corrected chi connectivity index (χ1v) is 13.8. The molecule has 0 amide bonds. The maximum atomic E-state index is 11.6. The van der Waals surface area contributed by atoms with Crippen LogP contribution in [0.3, 0.4) is 0 Å². The molecule has 0 heterocycles. The van der Waals surface area contributed by atoms with Crippen molar-refractivity contribution in [2.75, 3.05) is 4.90 Å². The van der Waals surface area contributed by atoms with Gasteiger partial charge in [0.1, 0.15) is 0 Å². The van der Waals surface area contributed by atoms with Crippen molar-refractivity contribution in [2.24, 2.45) is 0 Å². The lowest BCUT2D eigenvalue weighted by atomic mass is 9.82. The van der Waals surface area contributed by atoms with E-state index < -0.39 is 5.97 Å². The number of aromatic carboxylic acids is 1. The van der Waals surface area contributed by atoms with E-state index in [-0.39, 0.29) is 16.4 Å². The van der Waals surface area contributed by atoms with Crippen LogP contribution in [-0.2, 0) is 10.8 Å². The molecule has 0 aromatic heterocycles. The van der Waals surface area contributed by atoms with Crippen LogP contribution < -0.4 is 4.90 Å². The highest BCUT2D eigenvalue weighted by molar-refractivity contribution is 5.90. The Labute approximate surface area is 235 Å². The predicted octanol–water partition coefficient (Wildman–Crippen LogP) is 9.47. The van der Waals surface area contributed by atoms with Gasteiger partial charge >= 0.3 is 5.97 Å². The lowest BCUT2D eigenvalue weighted by Crippen LogP contribution is -2.18. The zero-order valence-corrected chi connectivity index (χ0v) is 23.2. The molecule has 2 aliphatic rings. The fraction of sp³-hybridized carbons (Fsp3) is 0.162. The average Bonchev–Trinajstić information content (AvgIpc) is 3.33. The Bertz CT molecular complexity index is 1720. The topological polar surface area (TPSA) is 40.5 Å². The number of anilines is 3. The summed E-state index contributed by atoms with van der Waals surface area (Å²) in [5.74, 6) is -0.924. The summed E-state index contributed by atoms with van der Waals surface area (Å²) in [4.78, 5) is 13.9. The van der Waals surface area contributed by atoms with Gasteiger partial charge < -0.3 is 10.0 Å². The first kappa shape index (κ1) is 24.4. The van der Waals surface area contributed by atoms with Crippen LogP contribution in [0.5, 0.6) is 0 Å². The summed E-state index contributed by atoms with van der Waals surface area (Å²) in [6.45, 7) is 9.18. The number of benzene rings is 5. The van der Waals surface area contributed by atoms with Gasteiger partial charge in [-0.05, 0) is 93.0 Å². The Morgan fingerprint density at radius 2 is 0.925 bits per heavy atom. The summed E-state index contributed by atoms with van der Waals surface area (Å²) >= 11 is 0. The number of fused-ring (bicyclic) bond motifs is 6. The zero-order valence-electron chi connectivity index (χ0n) is 23.2. The van der Waals surface area contributed by atoms with E-state index in [2.05, 4.69) is 118 Å². The van der Waals surface area contributed by atoms with Crippen LogP contribution in [-0.4, -0.2) is 11.1 Å². The molecule has 0 spiro atoms. The molecular weight excluding hydrogens is 490 g/mol. The van der Waals surface area contributed by atoms with Crippen LogP contribution in [0.15, 0.2) is 109 Å². The molecule has 0 atom stereocenters. The lowest BCUT2D eigenvalue weighted by molar-refractivity contribution is 0.0697. The van der Waals surface area contributed by atoms with Gasteiger partial charge in [-0.3, -0.25) is 0 Å². The Morgan fingerprint density at radius 1 is 0.525 bits per heavy atom. The van der Waals surface area contributed by atoms with Crippen molar-refractivity contribution in [2.45, 2.75) is 38.5 Å². The molecule has 7 rings (SSSR count). The molecule has 3 nitrogen and oxygen atoms in total. The number of carboxylic acid groups (broad SMARTS) is 1. The normalized spacial score (nSPS) is 15.1. The van der Waals surface area contributed by atoms with Gasteiger partial charge in [0.25, 0.3) is 0 Å². The van der Waals surface area contributed by atoms with Crippen LogP contribution in [0.25, 0.3) is 22.3 Å². The second-order valence-electron chi connectivity index (χ2n) is 12.0. The minimum absolute atomic E-state index is 0.123. The summed E-state index contributed by atoms with van der Waals surface area (Å²) in [6.07, 6.45) is 0. The van der Waals surface area contributed by atoms with Crippen LogP contribution in [0.1, 0.15) is 60.3 Å². The van der Waals surface area contributed by atoms with E-state index >= 15 is 0 Å². The standard InChI is InChI=1S/C37H31NO2/c1-36(2)31-11-7-5-9-27(31)29-19-17-25(21-33(29)36)38(24-15-13-23(14-16-24)35(39)40)26-18-20-30-28-10-6-8-12-32(28)37(3,4)34(30)22-26/h5-22H,1-4H3,(H,39,40). The SMILES string of the molecule is CC1(C)c2ccccc2-c2ccc(N(c3ccc(C(=O)O)cc3)c3ccc4c(c3)C(C)(C)c3ccccc3-4)cc21. The number of nitrogens with zero attached hydrogens (tertiary/aromatic N) is 1. The Balaban J connectivity index is 1.42. The van der Waals surface area contributed by atoms with E-state index in [9.17, 15) is 9.90 Å². The van der Waals surface area contributed by atoms with Gasteiger partial charge in [0.05, 0.1) is 5.56 Å². The molecule has 0 bridgehead atoms. The second kappa shape index (κ2) is 8.43. The fourth-order valence-corrected chi connectivity index (χ4v) is 6.86.